The molecule has 0 unspecified atom stereocenters. The zero-order valence-corrected chi connectivity index (χ0v) is 7.04. The van der Waals surface area contributed by atoms with E-state index in [1.54, 1.807) is 17.1 Å². The fourth-order valence-electron chi connectivity index (χ4n) is 0.877. The van der Waals surface area contributed by atoms with Gasteiger partial charge < -0.3 is 9.26 Å². The van der Waals surface area contributed by atoms with E-state index in [4.69, 9.17) is 4.74 Å². The summed E-state index contributed by atoms with van der Waals surface area (Å²) in [6, 6.07) is 0. The highest BCUT2D eigenvalue weighted by Gasteiger charge is 2.00. The lowest BCUT2D eigenvalue weighted by Gasteiger charge is -1.96. The van der Waals surface area contributed by atoms with Crippen molar-refractivity contribution in [1.29, 1.82) is 0 Å². The fraction of sp³-hybridized carbons (Fsp3) is 0.286. The van der Waals surface area contributed by atoms with Gasteiger partial charge in [-0.15, -0.1) is 0 Å². The SMILES string of the molecule is Cn1cc(OCc2ncon2)cn1. The molecule has 0 spiro atoms. The molecular formula is C7H8N4O2. The van der Waals surface area contributed by atoms with Crippen LogP contribution in [0.25, 0.3) is 0 Å². The van der Waals surface area contributed by atoms with Gasteiger partial charge in [-0.25, -0.2) is 0 Å². The molecule has 0 aliphatic heterocycles. The van der Waals surface area contributed by atoms with Crippen LogP contribution in [0.15, 0.2) is 23.3 Å². The van der Waals surface area contributed by atoms with E-state index in [2.05, 4.69) is 19.8 Å². The molecule has 2 aromatic heterocycles. The third-order valence-electron chi connectivity index (χ3n) is 1.46. The van der Waals surface area contributed by atoms with Gasteiger partial charge >= 0.3 is 0 Å². The number of hydrogen-bond donors (Lipinski definition) is 0. The molecule has 6 nitrogen and oxygen atoms in total. The molecule has 13 heavy (non-hydrogen) atoms. The van der Waals surface area contributed by atoms with E-state index >= 15 is 0 Å². The minimum atomic E-state index is 0.294. The van der Waals surface area contributed by atoms with Gasteiger partial charge in [0.1, 0.15) is 0 Å². The Hall–Kier alpha value is -1.85. The molecule has 0 radical (unpaired) electrons. The Kier molecular flexibility index (Phi) is 1.95. The van der Waals surface area contributed by atoms with Crippen LogP contribution in [0.3, 0.4) is 0 Å². The first-order valence-electron chi connectivity index (χ1n) is 3.71. The average Bonchev–Trinajstić information content (AvgIpc) is 2.71. The van der Waals surface area contributed by atoms with Gasteiger partial charge in [-0.3, -0.25) is 4.68 Å². The maximum absolute atomic E-state index is 5.30. The molecule has 0 aliphatic carbocycles. The number of nitrogens with zero attached hydrogens (tertiary/aromatic N) is 4. The van der Waals surface area contributed by atoms with Crippen LogP contribution in [0, 0.1) is 0 Å². The standard InChI is InChI=1S/C7H8N4O2/c1-11-3-6(2-9-11)12-4-7-8-5-13-10-7/h2-3,5H,4H2,1H3. The van der Waals surface area contributed by atoms with E-state index in [1.165, 1.54) is 6.39 Å². The minimum absolute atomic E-state index is 0.294. The summed E-state index contributed by atoms with van der Waals surface area (Å²) in [6.07, 6.45) is 4.65. The predicted octanol–water partition coefficient (Wildman–Crippen LogP) is 0.382. The summed E-state index contributed by atoms with van der Waals surface area (Å²) >= 11 is 0. The molecule has 6 heteroatoms. The molecule has 2 aromatic rings. The number of rotatable bonds is 3. The highest BCUT2D eigenvalue weighted by molar-refractivity contribution is 5.11. The molecule has 0 atom stereocenters. The third-order valence-corrected chi connectivity index (χ3v) is 1.46. The first-order valence-corrected chi connectivity index (χ1v) is 3.71. The van der Waals surface area contributed by atoms with Crippen molar-refractivity contribution in [3.8, 4) is 5.75 Å². The summed E-state index contributed by atoms with van der Waals surface area (Å²) in [4.78, 5) is 3.81. The third kappa shape index (κ3) is 1.84. The second-order valence-electron chi connectivity index (χ2n) is 2.49. The van der Waals surface area contributed by atoms with Gasteiger partial charge in [0.25, 0.3) is 0 Å². The van der Waals surface area contributed by atoms with Crippen LogP contribution in [0.4, 0.5) is 0 Å². The maximum Gasteiger partial charge on any atom is 0.213 e. The molecule has 68 valence electrons. The Balaban J connectivity index is 1.93. The first-order chi connectivity index (χ1) is 6.34. The Morgan fingerprint density at radius 2 is 2.54 bits per heavy atom. The van der Waals surface area contributed by atoms with Crippen LogP contribution in [0.5, 0.6) is 5.75 Å². The van der Waals surface area contributed by atoms with Crippen LogP contribution in [0.2, 0.25) is 0 Å². The molecule has 2 rings (SSSR count). The largest absolute Gasteiger partial charge is 0.482 e. The molecule has 0 amide bonds. The normalized spacial score (nSPS) is 10.2. The topological polar surface area (TPSA) is 66.0 Å². The van der Waals surface area contributed by atoms with Gasteiger partial charge in [0.2, 0.25) is 12.2 Å². The van der Waals surface area contributed by atoms with Gasteiger partial charge in [0, 0.05) is 7.05 Å². The highest BCUT2D eigenvalue weighted by Crippen LogP contribution is 2.08. The van der Waals surface area contributed by atoms with Gasteiger partial charge in [0.15, 0.2) is 12.4 Å². The van der Waals surface area contributed by atoms with E-state index in [-0.39, 0.29) is 0 Å². The van der Waals surface area contributed by atoms with E-state index < -0.39 is 0 Å². The zero-order chi connectivity index (χ0) is 9.10. The summed E-state index contributed by atoms with van der Waals surface area (Å²) in [5.41, 5.74) is 0. The molecule has 0 bridgehead atoms. The van der Waals surface area contributed by atoms with E-state index in [1.807, 2.05) is 7.05 Å². The average molecular weight is 180 g/mol. The van der Waals surface area contributed by atoms with Crippen LogP contribution >= 0.6 is 0 Å². The van der Waals surface area contributed by atoms with Crippen molar-refractivity contribution >= 4 is 0 Å². The molecular weight excluding hydrogens is 172 g/mol. The maximum atomic E-state index is 5.30. The van der Waals surface area contributed by atoms with Gasteiger partial charge in [0.05, 0.1) is 12.4 Å². The number of aromatic nitrogens is 4. The quantitative estimate of drug-likeness (QED) is 0.683. The zero-order valence-electron chi connectivity index (χ0n) is 7.04. The Morgan fingerprint density at radius 3 is 3.15 bits per heavy atom. The number of hydrogen-bond acceptors (Lipinski definition) is 5. The van der Waals surface area contributed by atoms with Crippen molar-refractivity contribution in [2.75, 3.05) is 0 Å². The van der Waals surface area contributed by atoms with E-state index in [9.17, 15) is 0 Å². The summed E-state index contributed by atoms with van der Waals surface area (Å²) in [5.74, 6) is 1.20. The van der Waals surface area contributed by atoms with Crippen LogP contribution < -0.4 is 4.74 Å². The second kappa shape index (κ2) is 3.26. The lowest BCUT2D eigenvalue weighted by atomic mass is 10.6. The number of ether oxygens (including phenoxy) is 1. The van der Waals surface area contributed by atoms with Gasteiger partial charge in [-0.1, -0.05) is 5.16 Å². The smallest absolute Gasteiger partial charge is 0.213 e. The summed E-state index contributed by atoms with van der Waals surface area (Å²) in [7, 11) is 1.82. The summed E-state index contributed by atoms with van der Waals surface area (Å²) in [5, 5.41) is 7.54. The van der Waals surface area contributed by atoms with Crippen molar-refractivity contribution in [2.45, 2.75) is 6.61 Å². The molecule has 0 saturated carbocycles. The van der Waals surface area contributed by atoms with Crippen LogP contribution in [-0.4, -0.2) is 19.9 Å². The van der Waals surface area contributed by atoms with Crippen LogP contribution in [-0.2, 0) is 13.7 Å². The second-order valence-corrected chi connectivity index (χ2v) is 2.49. The lowest BCUT2D eigenvalue weighted by Crippen LogP contribution is -1.96. The van der Waals surface area contributed by atoms with Crippen LogP contribution in [0.1, 0.15) is 5.82 Å². The molecule has 0 saturated heterocycles. The van der Waals surface area contributed by atoms with Gasteiger partial charge in [-0.05, 0) is 0 Å². The van der Waals surface area contributed by atoms with E-state index in [0.29, 0.717) is 18.2 Å². The lowest BCUT2D eigenvalue weighted by molar-refractivity contribution is 0.286. The molecule has 0 N–H and O–H groups in total. The molecule has 0 aliphatic rings. The van der Waals surface area contributed by atoms with Gasteiger partial charge in [-0.2, -0.15) is 10.1 Å². The molecule has 0 aromatic carbocycles. The van der Waals surface area contributed by atoms with Crippen molar-refractivity contribution in [2.24, 2.45) is 7.05 Å². The van der Waals surface area contributed by atoms with Crippen molar-refractivity contribution in [1.82, 2.24) is 19.9 Å². The fourth-order valence-corrected chi connectivity index (χ4v) is 0.877. The predicted molar refractivity (Wildman–Crippen MR) is 41.8 cm³/mol. The molecule has 0 fully saturated rings. The monoisotopic (exact) mass is 180 g/mol. The minimum Gasteiger partial charge on any atom is -0.482 e. The number of aryl methyl sites for hydroxylation is 1. The Labute approximate surface area is 74.1 Å². The Bertz CT molecular complexity index is 368. The first kappa shape index (κ1) is 7.78. The summed E-state index contributed by atoms with van der Waals surface area (Å²) < 4.78 is 11.5. The van der Waals surface area contributed by atoms with Crippen molar-refractivity contribution < 1.29 is 9.26 Å². The van der Waals surface area contributed by atoms with E-state index in [0.717, 1.165) is 0 Å². The van der Waals surface area contributed by atoms with Crippen molar-refractivity contribution in [3.05, 3.63) is 24.6 Å². The Morgan fingerprint density at radius 1 is 1.62 bits per heavy atom. The molecule has 2 heterocycles. The summed E-state index contributed by atoms with van der Waals surface area (Å²) in [6.45, 7) is 0.294. The highest BCUT2D eigenvalue weighted by atomic mass is 16.5. The van der Waals surface area contributed by atoms with Crippen molar-refractivity contribution in [3.63, 3.8) is 0 Å².